The van der Waals surface area contributed by atoms with Gasteiger partial charge in [0.15, 0.2) is 5.16 Å². The Kier molecular flexibility index (Phi) is 5.27. The number of thioether (sulfide) groups is 1. The molecule has 0 atom stereocenters. The van der Waals surface area contributed by atoms with Crippen molar-refractivity contribution in [3.63, 3.8) is 0 Å². The van der Waals surface area contributed by atoms with Gasteiger partial charge in [-0.3, -0.25) is 4.79 Å². The molecule has 0 saturated carbocycles. The van der Waals surface area contributed by atoms with E-state index < -0.39 is 0 Å². The summed E-state index contributed by atoms with van der Waals surface area (Å²) in [4.78, 5) is 24.6. The number of aromatic nitrogens is 2. The highest BCUT2D eigenvalue weighted by Crippen LogP contribution is 2.22. The summed E-state index contributed by atoms with van der Waals surface area (Å²) < 4.78 is 0. The van der Waals surface area contributed by atoms with E-state index in [2.05, 4.69) is 27.9 Å². The van der Waals surface area contributed by atoms with Crippen molar-refractivity contribution in [2.45, 2.75) is 12.1 Å². The maximum atomic E-state index is 12.6. The lowest BCUT2D eigenvalue weighted by atomic mass is 10.2. The molecule has 1 saturated heterocycles. The Bertz CT molecular complexity index is 948. The zero-order valence-corrected chi connectivity index (χ0v) is 16.7. The summed E-state index contributed by atoms with van der Waals surface area (Å²) in [7, 11) is 0. The van der Waals surface area contributed by atoms with Gasteiger partial charge in [0.25, 0.3) is 0 Å². The van der Waals surface area contributed by atoms with Crippen molar-refractivity contribution >= 4 is 46.0 Å². The molecule has 1 fully saturated rings. The lowest BCUT2D eigenvalue weighted by Crippen LogP contribution is -2.49. The molecule has 0 unspecified atom stereocenters. The lowest BCUT2D eigenvalue weighted by Gasteiger charge is -2.36. The number of aromatic amines is 1. The normalized spacial score (nSPS) is 14.7. The highest BCUT2D eigenvalue weighted by atomic mass is 35.5. The van der Waals surface area contributed by atoms with Gasteiger partial charge in [-0.2, -0.15) is 0 Å². The van der Waals surface area contributed by atoms with Crippen molar-refractivity contribution in [3.8, 4) is 0 Å². The first-order valence-electron chi connectivity index (χ1n) is 8.96. The van der Waals surface area contributed by atoms with Crippen LogP contribution in [0, 0.1) is 6.92 Å². The molecule has 4 rings (SSSR count). The van der Waals surface area contributed by atoms with Crippen LogP contribution in [0.3, 0.4) is 0 Å². The van der Waals surface area contributed by atoms with Gasteiger partial charge in [0.1, 0.15) is 0 Å². The smallest absolute Gasteiger partial charge is 0.233 e. The highest BCUT2D eigenvalue weighted by Gasteiger charge is 2.21. The number of carbonyl (C=O) groups excluding carboxylic acids is 1. The molecule has 1 aliphatic heterocycles. The third kappa shape index (κ3) is 4.22. The number of carbonyl (C=O) groups is 1. The number of halogens is 1. The second kappa shape index (κ2) is 7.82. The number of hydrogen-bond donors (Lipinski definition) is 1. The maximum Gasteiger partial charge on any atom is 0.233 e. The van der Waals surface area contributed by atoms with Crippen LogP contribution < -0.4 is 4.90 Å². The molecule has 1 amide bonds. The Hall–Kier alpha value is -2.18. The average Bonchev–Trinajstić information content (AvgIpc) is 3.09. The van der Waals surface area contributed by atoms with E-state index in [0.29, 0.717) is 5.75 Å². The Labute approximate surface area is 167 Å². The number of piperazine rings is 1. The van der Waals surface area contributed by atoms with E-state index in [0.717, 1.165) is 53.1 Å². The number of fused-ring (bicyclic) bond motifs is 1. The molecule has 0 spiro atoms. The molecule has 7 heteroatoms. The molecule has 0 aliphatic carbocycles. The van der Waals surface area contributed by atoms with Crippen LogP contribution in [0.5, 0.6) is 0 Å². The van der Waals surface area contributed by atoms with Crippen molar-refractivity contribution in [1.29, 1.82) is 0 Å². The van der Waals surface area contributed by atoms with Gasteiger partial charge in [0, 0.05) is 36.9 Å². The molecule has 1 N–H and O–H groups in total. The molecular formula is C20H21ClN4OS. The van der Waals surface area contributed by atoms with E-state index in [1.165, 1.54) is 17.3 Å². The Morgan fingerprint density at radius 2 is 1.89 bits per heavy atom. The highest BCUT2D eigenvalue weighted by molar-refractivity contribution is 7.99. The zero-order chi connectivity index (χ0) is 18.8. The summed E-state index contributed by atoms with van der Waals surface area (Å²) in [6, 6.07) is 14.0. The summed E-state index contributed by atoms with van der Waals surface area (Å²) in [5.74, 6) is 0.562. The van der Waals surface area contributed by atoms with E-state index in [4.69, 9.17) is 11.6 Å². The molecule has 140 valence electrons. The molecule has 1 aliphatic rings. The number of imidazole rings is 1. The Balaban J connectivity index is 1.30. The summed E-state index contributed by atoms with van der Waals surface area (Å²) in [5, 5.41) is 1.54. The van der Waals surface area contributed by atoms with Gasteiger partial charge in [0.2, 0.25) is 5.91 Å². The first kappa shape index (κ1) is 18.2. The van der Waals surface area contributed by atoms with Crippen molar-refractivity contribution in [2.75, 3.05) is 36.8 Å². The van der Waals surface area contributed by atoms with Gasteiger partial charge in [-0.15, -0.1) is 0 Å². The standard InChI is InChI=1S/C20H21ClN4OS/c1-14-2-7-17-18(12-14)23-20(22-17)27-13-19(26)25-10-8-24(9-11-25)16-5-3-15(21)4-6-16/h2-7,12H,8-11,13H2,1H3,(H,22,23). The molecule has 3 aromatic rings. The fraction of sp³-hybridized carbons (Fsp3) is 0.300. The number of amides is 1. The first-order valence-corrected chi connectivity index (χ1v) is 10.3. The number of aryl methyl sites for hydroxylation is 1. The average molecular weight is 401 g/mol. The molecule has 27 heavy (non-hydrogen) atoms. The van der Waals surface area contributed by atoms with E-state index in [-0.39, 0.29) is 5.91 Å². The second-order valence-electron chi connectivity index (χ2n) is 6.70. The number of nitrogens with one attached hydrogen (secondary N) is 1. The van der Waals surface area contributed by atoms with Crippen LogP contribution in [0.1, 0.15) is 5.56 Å². The molecular weight excluding hydrogens is 380 g/mol. The van der Waals surface area contributed by atoms with Crippen molar-refractivity contribution < 1.29 is 4.79 Å². The lowest BCUT2D eigenvalue weighted by molar-refractivity contribution is -0.128. The van der Waals surface area contributed by atoms with Crippen LogP contribution in [0.2, 0.25) is 5.02 Å². The van der Waals surface area contributed by atoms with Gasteiger partial charge >= 0.3 is 0 Å². The minimum Gasteiger partial charge on any atom is -0.368 e. The van der Waals surface area contributed by atoms with Crippen LogP contribution in [0.25, 0.3) is 11.0 Å². The number of rotatable bonds is 4. The van der Waals surface area contributed by atoms with Gasteiger partial charge in [-0.05, 0) is 48.9 Å². The predicted molar refractivity (Wildman–Crippen MR) is 112 cm³/mol. The van der Waals surface area contributed by atoms with Gasteiger partial charge < -0.3 is 14.8 Å². The van der Waals surface area contributed by atoms with Crippen LogP contribution in [0.4, 0.5) is 5.69 Å². The Morgan fingerprint density at radius 3 is 2.63 bits per heavy atom. The monoisotopic (exact) mass is 400 g/mol. The third-order valence-electron chi connectivity index (χ3n) is 4.77. The van der Waals surface area contributed by atoms with Gasteiger partial charge in [-0.25, -0.2) is 4.98 Å². The molecule has 2 heterocycles. The number of hydrogen-bond acceptors (Lipinski definition) is 4. The third-order valence-corrected chi connectivity index (χ3v) is 5.88. The first-order chi connectivity index (χ1) is 13.1. The van der Waals surface area contributed by atoms with Crippen molar-refractivity contribution in [2.24, 2.45) is 0 Å². The minimum atomic E-state index is 0.160. The summed E-state index contributed by atoms with van der Waals surface area (Å²) in [6.07, 6.45) is 0. The number of H-pyrrole nitrogens is 1. The molecule has 0 radical (unpaired) electrons. The fourth-order valence-corrected chi connectivity index (χ4v) is 4.17. The molecule has 2 aromatic carbocycles. The summed E-state index contributed by atoms with van der Waals surface area (Å²) in [6.45, 7) is 5.20. The van der Waals surface area contributed by atoms with E-state index in [1.807, 2.05) is 41.3 Å². The fourth-order valence-electron chi connectivity index (χ4n) is 3.26. The predicted octanol–water partition coefficient (Wildman–Crippen LogP) is 3.97. The molecule has 0 bridgehead atoms. The molecule has 1 aromatic heterocycles. The molecule has 5 nitrogen and oxygen atoms in total. The van der Waals surface area contributed by atoms with Crippen molar-refractivity contribution in [1.82, 2.24) is 14.9 Å². The van der Waals surface area contributed by atoms with E-state index in [1.54, 1.807) is 0 Å². The quantitative estimate of drug-likeness (QED) is 0.673. The topological polar surface area (TPSA) is 52.2 Å². The number of nitrogens with zero attached hydrogens (tertiary/aromatic N) is 3. The Morgan fingerprint density at radius 1 is 1.15 bits per heavy atom. The van der Waals surface area contributed by atoms with Crippen LogP contribution in [0.15, 0.2) is 47.6 Å². The largest absolute Gasteiger partial charge is 0.368 e. The van der Waals surface area contributed by atoms with Crippen LogP contribution in [-0.4, -0.2) is 52.7 Å². The van der Waals surface area contributed by atoms with E-state index >= 15 is 0 Å². The second-order valence-corrected chi connectivity index (χ2v) is 8.10. The number of anilines is 1. The maximum absolute atomic E-state index is 12.6. The zero-order valence-electron chi connectivity index (χ0n) is 15.1. The van der Waals surface area contributed by atoms with Gasteiger partial charge in [-0.1, -0.05) is 29.4 Å². The van der Waals surface area contributed by atoms with E-state index in [9.17, 15) is 4.79 Å². The van der Waals surface area contributed by atoms with Gasteiger partial charge in [0.05, 0.1) is 16.8 Å². The summed E-state index contributed by atoms with van der Waals surface area (Å²) >= 11 is 7.42. The number of benzene rings is 2. The minimum absolute atomic E-state index is 0.160. The van der Waals surface area contributed by atoms with Crippen LogP contribution >= 0.6 is 23.4 Å². The van der Waals surface area contributed by atoms with Crippen molar-refractivity contribution in [3.05, 3.63) is 53.1 Å². The summed E-state index contributed by atoms with van der Waals surface area (Å²) in [5.41, 5.74) is 4.30. The van der Waals surface area contributed by atoms with Crippen LogP contribution in [-0.2, 0) is 4.79 Å². The SMILES string of the molecule is Cc1ccc2nc(SCC(=O)N3CCN(c4ccc(Cl)cc4)CC3)[nH]c2c1.